The maximum Gasteiger partial charge on any atom is 2.00 e. The molecule has 1 aliphatic carbocycles. The number of ketones is 1. The normalized spacial score (nSPS) is 21.4. The molecule has 0 spiro atoms. The van der Waals surface area contributed by atoms with Gasteiger partial charge in [0.25, 0.3) is 0 Å². The summed E-state index contributed by atoms with van der Waals surface area (Å²) in [5.41, 5.74) is 10.1. The predicted octanol–water partition coefficient (Wildman–Crippen LogP) is 10.3. The van der Waals surface area contributed by atoms with Crippen LogP contribution in [0.1, 0.15) is 180 Å². The monoisotopic (exact) mass is 906 g/mol. The molecule has 0 radical (unpaired) electrons. The quantitative estimate of drug-likeness (QED) is 0.0277. The first-order valence-electron chi connectivity index (χ1n) is 24.1. The molecule has 1 N–H and O–H groups in total. The van der Waals surface area contributed by atoms with E-state index in [1.165, 1.54) is 50.5 Å². The first-order valence-corrected chi connectivity index (χ1v) is 24.1. The first kappa shape index (κ1) is 52.4. The molecule has 0 unspecified atom stereocenters. The van der Waals surface area contributed by atoms with E-state index < -0.39 is 17.7 Å². The summed E-state index contributed by atoms with van der Waals surface area (Å²) in [4.78, 5) is 56.7. The van der Waals surface area contributed by atoms with E-state index in [-0.39, 0.29) is 53.9 Å². The summed E-state index contributed by atoms with van der Waals surface area (Å²) in [6.07, 6.45) is 22.6. The molecule has 350 valence electrons. The van der Waals surface area contributed by atoms with Crippen LogP contribution in [0, 0.1) is 61.7 Å². The van der Waals surface area contributed by atoms with Crippen LogP contribution in [0.25, 0.3) is 35.2 Å². The van der Waals surface area contributed by atoms with Crippen molar-refractivity contribution in [2.75, 3.05) is 6.61 Å². The second-order valence-electron chi connectivity index (χ2n) is 19.5. The van der Waals surface area contributed by atoms with Gasteiger partial charge < -0.3 is 29.7 Å². The summed E-state index contributed by atoms with van der Waals surface area (Å²) in [5.74, 6) is -1.31. The SMILES string of the molecule is C=Cc1c2[n-]c(c1C)/C=C1\[N-]/C(=C3\c4[n-]c(c(C)c4C(=O)[C@@H]3C(=O)OC=N)/C=c3\[n-]/c(c(C)c3CC)=C\2)[C@@H](CCC(=O)OC/C=C(\C)CCC[C@H](C)CCC[C@H](C)CCCC(C)C)[C@@H]1C.[Mg+2]. The van der Waals surface area contributed by atoms with Crippen molar-refractivity contribution in [3.8, 4) is 0 Å². The summed E-state index contributed by atoms with van der Waals surface area (Å²) in [7, 11) is 0. The maximum atomic E-state index is 14.4. The number of hydrogen-bond acceptors (Lipinski definition) is 6. The van der Waals surface area contributed by atoms with Crippen LogP contribution in [0.5, 0.6) is 0 Å². The Morgan fingerprint density at radius 3 is 2.15 bits per heavy atom. The van der Waals surface area contributed by atoms with Crippen LogP contribution < -0.4 is 25.7 Å². The number of nitrogens with zero attached hydrogens (tertiary/aromatic N) is 4. The van der Waals surface area contributed by atoms with Crippen LogP contribution in [-0.4, -0.2) is 53.8 Å². The molecule has 3 aromatic heterocycles. The molecular formula is C55H71MgN5O5-2. The molecule has 0 amide bonds. The number of aromatic nitrogens is 3. The standard InChI is InChI=1S/C55H72N5O5.Mg/c1-12-39-35(8)42-27-44-37(10)41(23-24-48(61)64-26-25-34(7)22-16-21-33(6)20-15-19-32(5)18-14-17-31(3)4)52(59-44)50-51(55(63)65-30-56)54(62)49-38(11)45(60-53(49)50)29-47-40(13-2)36(9)43(58-47)28-46(39)57-42;/h12,25,27-33,37,41,51,56H,1,13-24,26H2,2-11H3,(H-,59,60,62);/q-3;+2/p-1/b34-25+,43-28-,44-27-,47-29-,56-30?;/t32-,33-,37+,41+,51-;/m1./s1. The fourth-order valence-corrected chi connectivity index (χ4v) is 10.1. The van der Waals surface area contributed by atoms with E-state index in [1.807, 2.05) is 51.2 Å². The van der Waals surface area contributed by atoms with Crippen LogP contribution in [0.4, 0.5) is 0 Å². The Morgan fingerprint density at radius 1 is 0.848 bits per heavy atom. The largest absolute Gasteiger partial charge is 2.00 e. The molecule has 10 nitrogen and oxygen atoms in total. The Hall–Kier alpha value is -4.61. The minimum Gasteiger partial charge on any atom is -0.664 e. The number of hydrogen-bond donors (Lipinski definition) is 1. The molecule has 1 saturated heterocycles. The van der Waals surface area contributed by atoms with Gasteiger partial charge in [-0.3, -0.25) is 19.8 Å². The van der Waals surface area contributed by atoms with E-state index in [0.29, 0.717) is 58.2 Å². The van der Waals surface area contributed by atoms with Crippen LogP contribution in [0.3, 0.4) is 0 Å². The zero-order chi connectivity index (χ0) is 47.1. The molecule has 1 fully saturated rings. The van der Waals surface area contributed by atoms with Gasteiger partial charge in [-0.25, -0.2) is 0 Å². The summed E-state index contributed by atoms with van der Waals surface area (Å²) in [5, 5.41) is 14.3. The van der Waals surface area contributed by atoms with Crippen molar-refractivity contribution in [2.45, 2.75) is 146 Å². The molecule has 3 aliphatic rings. The van der Waals surface area contributed by atoms with E-state index >= 15 is 0 Å². The Bertz CT molecular complexity index is 2510. The smallest absolute Gasteiger partial charge is 0.664 e. The first-order chi connectivity index (χ1) is 31.1. The van der Waals surface area contributed by atoms with Gasteiger partial charge in [0.05, 0.1) is 0 Å². The van der Waals surface area contributed by atoms with Crippen molar-refractivity contribution in [3.05, 3.63) is 102 Å². The number of ether oxygens (including phenoxy) is 2. The van der Waals surface area contributed by atoms with Crippen LogP contribution in [-0.2, 0) is 25.5 Å². The van der Waals surface area contributed by atoms with E-state index in [4.69, 9.17) is 35.2 Å². The summed E-state index contributed by atoms with van der Waals surface area (Å²) < 4.78 is 10.9. The molecule has 8 bridgehead atoms. The number of fused-ring (bicyclic) bond motifs is 7. The van der Waals surface area contributed by atoms with E-state index in [0.717, 1.165) is 75.4 Å². The average molecular weight is 907 g/mol. The Morgan fingerprint density at radius 2 is 1.50 bits per heavy atom. The Kier molecular flexibility index (Phi) is 18.6. The van der Waals surface area contributed by atoms with Crippen molar-refractivity contribution in [1.29, 1.82) is 5.41 Å². The third-order valence-corrected chi connectivity index (χ3v) is 14.2. The van der Waals surface area contributed by atoms with E-state index in [1.54, 1.807) is 0 Å². The molecule has 66 heavy (non-hydrogen) atoms. The van der Waals surface area contributed by atoms with Crippen molar-refractivity contribution in [2.24, 2.45) is 35.5 Å². The molecule has 0 aromatic carbocycles. The van der Waals surface area contributed by atoms with Gasteiger partial charge in [0.15, 0.2) is 12.2 Å². The molecule has 2 aliphatic heterocycles. The summed E-state index contributed by atoms with van der Waals surface area (Å²) in [6.45, 7) is 25.8. The molecule has 6 rings (SSSR count). The van der Waals surface area contributed by atoms with Gasteiger partial charge in [0.1, 0.15) is 12.5 Å². The van der Waals surface area contributed by atoms with E-state index in [2.05, 4.69) is 55.0 Å². The van der Waals surface area contributed by atoms with Crippen molar-refractivity contribution in [3.63, 3.8) is 0 Å². The second kappa shape index (κ2) is 23.4. The van der Waals surface area contributed by atoms with Gasteiger partial charge in [-0.05, 0) is 94.6 Å². The van der Waals surface area contributed by atoms with Crippen molar-refractivity contribution >= 4 is 77.1 Å². The number of carbonyl (C=O) groups is 3. The zero-order valence-corrected chi connectivity index (χ0v) is 42.8. The average Bonchev–Trinajstić information content (AvgIpc) is 4.00. The number of allylic oxidation sites excluding steroid dienone is 3. The van der Waals surface area contributed by atoms with Crippen LogP contribution in [0.2, 0.25) is 0 Å². The van der Waals surface area contributed by atoms with Gasteiger partial charge in [0, 0.05) is 12.0 Å². The summed E-state index contributed by atoms with van der Waals surface area (Å²) in [6, 6.07) is 0. The van der Waals surface area contributed by atoms with Crippen LogP contribution >= 0.6 is 0 Å². The third-order valence-electron chi connectivity index (χ3n) is 14.2. The molecule has 5 atom stereocenters. The Balaban J connectivity index is 0.00000817. The predicted molar refractivity (Wildman–Crippen MR) is 267 cm³/mol. The van der Waals surface area contributed by atoms with Crippen molar-refractivity contribution < 1.29 is 23.9 Å². The topological polar surface area (TPSA) is 150 Å². The van der Waals surface area contributed by atoms with Crippen molar-refractivity contribution in [1.82, 2.24) is 15.0 Å². The molecular weight excluding hydrogens is 835 g/mol. The van der Waals surface area contributed by atoms with Gasteiger partial charge in [-0.2, -0.15) is 11.4 Å². The molecule has 5 heterocycles. The fraction of sp³-hybridized carbons (Fsp3) is 0.527. The fourth-order valence-electron chi connectivity index (χ4n) is 10.1. The van der Waals surface area contributed by atoms with Crippen LogP contribution in [0.15, 0.2) is 29.6 Å². The van der Waals surface area contributed by atoms with Gasteiger partial charge in [0.2, 0.25) is 0 Å². The minimum atomic E-state index is -1.37. The van der Waals surface area contributed by atoms with Gasteiger partial charge >= 0.3 is 35.0 Å². The number of nitrogens with one attached hydrogen (secondary N) is 1. The van der Waals surface area contributed by atoms with Gasteiger partial charge in [-0.1, -0.05) is 151 Å². The molecule has 3 aromatic rings. The molecule has 0 saturated carbocycles. The number of Topliss-reactive ketones (excluding diaryl/α,β-unsaturated/α-hetero) is 1. The maximum absolute atomic E-state index is 14.4. The number of carbonyl (C=O) groups excluding carboxylic acids is 3. The second-order valence-corrected chi connectivity index (χ2v) is 19.5. The molecule has 11 heteroatoms. The van der Waals surface area contributed by atoms with E-state index in [9.17, 15) is 14.4 Å². The Labute approximate surface area is 409 Å². The zero-order valence-electron chi connectivity index (χ0n) is 41.4. The van der Waals surface area contributed by atoms with Gasteiger partial charge in [-0.15, -0.1) is 33.5 Å². The third kappa shape index (κ3) is 11.7. The number of esters is 2. The number of rotatable bonds is 21. The minimum absolute atomic E-state index is 0. The summed E-state index contributed by atoms with van der Waals surface area (Å²) >= 11 is 0.